The van der Waals surface area contributed by atoms with Gasteiger partial charge in [-0.15, -0.1) is 0 Å². The van der Waals surface area contributed by atoms with Gasteiger partial charge in [-0.3, -0.25) is 4.90 Å². The fraction of sp³-hybridized carbons (Fsp3) is 0.407. The second-order valence-corrected chi connectivity index (χ2v) is 9.58. The van der Waals surface area contributed by atoms with Gasteiger partial charge in [0.15, 0.2) is 5.82 Å². The Kier molecular flexibility index (Phi) is 6.83. The van der Waals surface area contributed by atoms with Gasteiger partial charge in [-0.25, -0.2) is 14.5 Å². The summed E-state index contributed by atoms with van der Waals surface area (Å²) in [4.78, 5) is 18.5. The third-order valence-corrected chi connectivity index (χ3v) is 7.03. The summed E-state index contributed by atoms with van der Waals surface area (Å²) in [6.07, 6.45) is 5.58. The van der Waals surface area contributed by atoms with Gasteiger partial charge in [-0.1, -0.05) is 6.07 Å². The summed E-state index contributed by atoms with van der Waals surface area (Å²) >= 11 is 0. The number of aromatic nitrogens is 3. The van der Waals surface area contributed by atoms with Gasteiger partial charge in [0.1, 0.15) is 12.7 Å². The quantitative estimate of drug-likeness (QED) is 0.483. The van der Waals surface area contributed by atoms with Gasteiger partial charge >= 0.3 is 5.97 Å². The summed E-state index contributed by atoms with van der Waals surface area (Å²) in [7, 11) is 0. The lowest BCUT2D eigenvalue weighted by atomic mass is 9.95. The number of fused-ring (bicyclic) bond motifs is 1. The van der Waals surface area contributed by atoms with Crippen LogP contribution in [0.3, 0.4) is 0 Å². The fourth-order valence-electron chi connectivity index (χ4n) is 4.98. The first-order valence-electron chi connectivity index (χ1n) is 12.1. The molecule has 4 heterocycles. The first kappa shape index (κ1) is 24.1. The maximum atomic E-state index is 11.9. The molecule has 2 unspecified atom stereocenters. The minimum absolute atomic E-state index is 0.256. The number of nitrogens with zero attached hydrogens (tertiary/aromatic N) is 5. The number of rotatable bonds is 8. The summed E-state index contributed by atoms with van der Waals surface area (Å²) in [6.45, 7) is 7.39. The largest absolute Gasteiger partial charge is 0.457 e. The number of nitriles is 1. The Balaban J connectivity index is 1.34. The minimum Gasteiger partial charge on any atom is -0.457 e. The molecule has 1 N–H and O–H groups in total. The number of aryl methyl sites for hydroxylation is 1. The Morgan fingerprint density at radius 1 is 1.33 bits per heavy atom. The number of esters is 1. The van der Waals surface area contributed by atoms with Crippen LogP contribution in [0.25, 0.3) is 5.82 Å². The van der Waals surface area contributed by atoms with E-state index in [1.807, 2.05) is 38.4 Å². The number of aliphatic hydroxyl groups is 1. The van der Waals surface area contributed by atoms with E-state index in [2.05, 4.69) is 21.1 Å². The van der Waals surface area contributed by atoms with Gasteiger partial charge in [0.25, 0.3) is 0 Å². The molecule has 1 saturated heterocycles. The van der Waals surface area contributed by atoms with E-state index < -0.39 is 6.10 Å². The Labute approximate surface area is 209 Å². The van der Waals surface area contributed by atoms with E-state index in [1.165, 1.54) is 0 Å². The summed E-state index contributed by atoms with van der Waals surface area (Å²) in [5, 5.41) is 24.9. The first-order valence-corrected chi connectivity index (χ1v) is 12.1. The molecule has 2 aliphatic heterocycles. The van der Waals surface area contributed by atoms with Crippen LogP contribution in [0.5, 0.6) is 0 Å². The van der Waals surface area contributed by atoms with Crippen molar-refractivity contribution >= 4 is 5.97 Å². The van der Waals surface area contributed by atoms with Gasteiger partial charge in [0.05, 0.1) is 30.0 Å². The second-order valence-electron chi connectivity index (χ2n) is 9.58. The van der Waals surface area contributed by atoms with Crippen molar-refractivity contribution < 1.29 is 19.4 Å². The molecule has 3 aromatic rings. The van der Waals surface area contributed by atoms with E-state index in [9.17, 15) is 9.90 Å². The second kappa shape index (κ2) is 10.2. The summed E-state index contributed by atoms with van der Waals surface area (Å²) in [5.74, 6) is 0.752. The van der Waals surface area contributed by atoms with Crippen LogP contribution in [-0.4, -0.2) is 57.0 Å². The smallest absolute Gasteiger partial charge is 0.338 e. The van der Waals surface area contributed by atoms with Crippen molar-refractivity contribution in [1.82, 2.24) is 19.7 Å². The Bertz CT molecular complexity index is 1320. The predicted octanol–water partition coefficient (Wildman–Crippen LogP) is 3.00. The molecule has 5 rings (SSSR count). The van der Waals surface area contributed by atoms with Crippen molar-refractivity contribution in [2.24, 2.45) is 5.92 Å². The van der Waals surface area contributed by atoms with Crippen LogP contribution in [0.4, 0.5) is 0 Å². The molecule has 9 heteroatoms. The summed E-state index contributed by atoms with van der Waals surface area (Å²) in [5.41, 5.74) is 5.55. The van der Waals surface area contributed by atoms with Crippen LogP contribution in [0.1, 0.15) is 56.3 Å². The van der Waals surface area contributed by atoms with Crippen molar-refractivity contribution in [3.8, 4) is 11.9 Å². The highest BCUT2D eigenvalue weighted by Gasteiger charge is 2.27. The number of benzene rings is 1. The number of pyridine rings is 1. The lowest BCUT2D eigenvalue weighted by molar-refractivity contribution is 0.0535. The van der Waals surface area contributed by atoms with Crippen molar-refractivity contribution in [1.29, 1.82) is 5.26 Å². The Morgan fingerprint density at radius 2 is 2.19 bits per heavy atom. The molecule has 2 aromatic heterocycles. The van der Waals surface area contributed by atoms with Gasteiger partial charge in [-0.05, 0) is 55.0 Å². The van der Waals surface area contributed by atoms with Crippen LogP contribution >= 0.6 is 0 Å². The molecular formula is C27H29N5O4. The van der Waals surface area contributed by atoms with Gasteiger partial charge in [0, 0.05) is 49.8 Å². The van der Waals surface area contributed by atoms with E-state index in [4.69, 9.17) is 14.7 Å². The summed E-state index contributed by atoms with van der Waals surface area (Å²) in [6, 6.07) is 7.56. The highest BCUT2D eigenvalue weighted by molar-refractivity contribution is 5.93. The molecular weight excluding hydrogens is 458 g/mol. The van der Waals surface area contributed by atoms with Gasteiger partial charge in [0.2, 0.25) is 0 Å². The molecule has 1 fully saturated rings. The average Bonchev–Trinajstić information content (AvgIpc) is 3.62. The fourth-order valence-corrected chi connectivity index (χ4v) is 4.98. The zero-order valence-electron chi connectivity index (χ0n) is 20.5. The van der Waals surface area contributed by atoms with E-state index in [1.54, 1.807) is 16.9 Å². The van der Waals surface area contributed by atoms with E-state index >= 15 is 0 Å². The number of ether oxygens (including phenoxy) is 2. The normalized spacial score (nSPS) is 17.8. The molecule has 1 aromatic carbocycles. The van der Waals surface area contributed by atoms with Crippen LogP contribution in [-0.2, 0) is 22.6 Å². The number of hydrogen-bond acceptors (Lipinski definition) is 8. The third kappa shape index (κ3) is 4.88. The molecule has 186 valence electrons. The van der Waals surface area contributed by atoms with Gasteiger partial charge in [-0.2, -0.15) is 10.4 Å². The van der Waals surface area contributed by atoms with E-state index in [0.717, 1.165) is 54.0 Å². The molecule has 36 heavy (non-hydrogen) atoms. The summed E-state index contributed by atoms with van der Waals surface area (Å²) < 4.78 is 12.5. The molecule has 0 bridgehead atoms. The SMILES string of the molecule is Cc1cc(-n2cc(CN(CC3CCOC3)CC(O)c3ccc4c(c3C)COC4=O)cn2)ncc1C#N. The molecule has 0 spiro atoms. The van der Waals surface area contributed by atoms with E-state index in [0.29, 0.717) is 36.0 Å². The molecule has 2 aliphatic rings. The molecule has 2 atom stereocenters. The topological polar surface area (TPSA) is 114 Å². The Hall–Kier alpha value is -3.58. The molecule has 0 amide bonds. The number of hydrogen-bond donors (Lipinski definition) is 1. The molecule has 0 saturated carbocycles. The van der Waals surface area contributed by atoms with Crippen LogP contribution in [0.2, 0.25) is 0 Å². The monoisotopic (exact) mass is 487 g/mol. The lowest BCUT2D eigenvalue weighted by Gasteiger charge is -2.28. The van der Waals surface area contributed by atoms with E-state index in [-0.39, 0.29) is 12.6 Å². The van der Waals surface area contributed by atoms with Gasteiger partial charge < -0.3 is 14.6 Å². The minimum atomic E-state index is -0.716. The standard InChI is InChI=1S/C27H29N5O4/c1-17-7-26(29-10-21(17)8-28)32-13-20(9-30-32)12-31(11-19-5-6-35-15-19)14-25(33)22-3-4-23-24(18(22)2)16-36-27(23)34/h3-4,7,9-10,13,19,25,33H,5-6,11-12,14-16H2,1-2H3. The number of carbonyl (C=O) groups is 1. The van der Waals surface area contributed by atoms with Crippen molar-refractivity contribution in [3.05, 3.63) is 75.7 Å². The highest BCUT2D eigenvalue weighted by Crippen LogP contribution is 2.30. The maximum absolute atomic E-state index is 11.9. The molecule has 0 aliphatic carbocycles. The van der Waals surface area contributed by atoms with Crippen LogP contribution in [0, 0.1) is 31.1 Å². The molecule has 9 nitrogen and oxygen atoms in total. The van der Waals surface area contributed by atoms with Crippen LogP contribution < -0.4 is 0 Å². The number of cyclic esters (lactones) is 1. The van der Waals surface area contributed by atoms with Crippen LogP contribution in [0.15, 0.2) is 36.8 Å². The van der Waals surface area contributed by atoms with Crippen molar-refractivity contribution in [2.45, 2.75) is 39.5 Å². The highest BCUT2D eigenvalue weighted by atomic mass is 16.5. The number of aliphatic hydroxyl groups excluding tert-OH is 1. The van der Waals surface area contributed by atoms with Crippen molar-refractivity contribution in [2.75, 3.05) is 26.3 Å². The predicted molar refractivity (Wildman–Crippen MR) is 130 cm³/mol. The Morgan fingerprint density at radius 3 is 2.94 bits per heavy atom. The zero-order chi connectivity index (χ0) is 25.2. The maximum Gasteiger partial charge on any atom is 0.338 e. The zero-order valence-corrected chi connectivity index (χ0v) is 20.5. The lowest BCUT2D eigenvalue weighted by Crippen LogP contribution is -2.33. The third-order valence-electron chi connectivity index (χ3n) is 7.03. The average molecular weight is 488 g/mol. The molecule has 0 radical (unpaired) electrons. The van der Waals surface area contributed by atoms with Crippen molar-refractivity contribution in [3.63, 3.8) is 0 Å². The number of carbonyl (C=O) groups excluding carboxylic acids is 1. The first-order chi connectivity index (χ1) is 17.4.